The molecule has 1 unspecified atom stereocenters. The smallest absolute Gasteiger partial charge is 0.288 e. The van der Waals surface area contributed by atoms with Crippen molar-refractivity contribution < 1.29 is 14.8 Å². The first kappa shape index (κ1) is 17.3. The molecule has 1 aromatic heterocycles. The molecule has 1 aromatic rings. The van der Waals surface area contributed by atoms with Gasteiger partial charge in [0.2, 0.25) is 0 Å². The third-order valence-electron chi connectivity index (χ3n) is 3.07. The maximum Gasteiger partial charge on any atom is 0.288 e. The molecule has 1 rings (SSSR count). The SMILES string of the molecule is CCCC(CCO)CNC(=O)c1cc([N+](=O)[O-])cnc1Cl. The summed E-state index contributed by atoms with van der Waals surface area (Å²) in [4.78, 5) is 25.7. The first-order valence-corrected chi connectivity index (χ1v) is 7.06. The lowest BCUT2D eigenvalue weighted by Gasteiger charge is -2.15. The van der Waals surface area contributed by atoms with Crippen molar-refractivity contribution in [2.45, 2.75) is 26.2 Å². The van der Waals surface area contributed by atoms with Crippen LogP contribution in [0.15, 0.2) is 12.3 Å². The van der Waals surface area contributed by atoms with Gasteiger partial charge in [-0.05, 0) is 18.8 Å². The summed E-state index contributed by atoms with van der Waals surface area (Å²) < 4.78 is 0. The molecule has 1 heterocycles. The van der Waals surface area contributed by atoms with Crippen molar-refractivity contribution in [3.8, 4) is 0 Å². The van der Waals surface area contributed by atoms with Gasteiger partial charge in [0.15, 0.2) is 0 Å². The van der Waals surface area contributed by atoms with Crippen molar-refractivity contribution in [1.29, 1.82) is 0 Å². The fourth-order valence-corrected chi connectivity index (χ4v) is 2.16. The molecular weight excluding hydrogens is 298 g/mol. The zero-order valence-electron chi connectivity index (χ0n) is 11.7. The first-order chi connectivity index (χ1) is 9.99. The highest BCUT2D eigenvalue weighted by molar-refractivity contribution is 6.32. The summed E-state index contributed by atoms with van der Waals surface area (Å²) in [6, 6.07) is 1.10. The molecule has 116 valence electrons. The van der Waals surface area contributed by atoms with Crippen LogP contribution in [0, 0.1) is 16.0 Å². The Labute approximate surface area is 127 Å². The molecule has 21 heavy (non-hydrogen) atoms. The minimum atomic E-state index is -0.633. The Bertz CT molecular complexity index is 504. The van der Waals surface area contributed by atoms with Crippen LogP contribution in [0.25, 0.3) is 0 Å². The molecule has 1 amide bonds. The van der Waals surface area contributed by atoms with Crippen molar-refractivity contribution in [2.24, 2.45) is 5.92 Å². The molecule has 0 aliphatic rings. The van der Waals surface area contributed by atoms with Crippen molar-refractivity contribution in [3.63, 3.8) is 0 Å². The van der Waals surface area contributed by atoms with E-state index in [9.17, 15) is 14.9 Å². The number of hydrogen-bond donors (Lipinski definition) is 2. The Morgan fingerprint density at radius 3 is 2.86 bits per heavy atom. The van der Waals surface area contributed by atoms with E-state index in [1.165, 1.54) is 0 Å². The van der Waals surface area contributed by atoms with Gasteiger partial charge in [0.1, 0.15) is 11.3 Å². The number of pyridine rings is 1. The maximum atomic E-state index is 12.0. The third kappa shape index (κ3) is 5.28. The molecule has 0 bridgehead atoms. The molecule has 2 N–H and O–H groups in total. The summed E-state index contributed by atoms with van der Waals surface area (Å²) in [5.74, 6) is -0.343. The number of aromatic nitrogens is 1. The predicted molar refractivity (Wildman–Crippen MR) is 78.3 cm³/mol. The van der Waals surface area contributed by atoms with Crippen LogP contribution >= 0.6 is 11.6 Å². The van der Waals surface area contributed by atoms with Gasteiger partial charge in [0, 0.05) is 19.2 Å². The topological polar surface area (TPSA) is 105 Å². The average Bonchev–Trinajstić information content (AvgIpc) is 2.45. The van der Waals surface area contributed by atoms with E-state index in [1.54, 1.807) is 0 Å². The van der Waals surface area contributed by atoms with E-state index in [1.807, 2.05) is 6.92 Å². The molecule has 0 fully saturated rings. The van der Waals surface area contributed by atoms with Crippen molar-refractivity contribution >= 4 is 23.2 Å². The van der Waals surface area contributed by atoms with Crippen molar-refractivity contribution in [2.75, 3.05) is 13.2 Å². The quantitative estimate of drug-likeness (QED) is 0.434. The molecular formula is C13H18ClN3O4. The van der Waals surface area contributed by atoms with Crippen LogP contribution in [0.4, 0.5) is 5.69 Å². The Balaban J connectivity index is 2.74. The Morgan fingerprint density at radius 1 is 1.57 bits per heavy atom. The van der Waals surface area contributed by atoms with E-state index in [-0.39, 0.29) is 28.9 Å². The minimum absolute atomic E-state index is 0.0230. The van der Waals surface area contributed by atoms with E-state index in [2.05, 4.69) is 10.3 Å². The Hall–Kier alpha value is -1.73. The lowest BCUT2D eigenvalue weighted by atomic mass is 10.00. The zero-order valence-corrected chi connectivity index (χ0v) is 12.5. The lowest BCUT2D eigenvalue weighted by Crippen LogP contribution is -2.30. The minimum Gasteiger partial charge on any atom is -0.396 e. The summed E-state index contributed by atoms with van der Waals surface area (Å²) in [5.41, 5.74) is -0.310. The third-order valence-corrected chi connectivity index (χ3v) is 3.37. The number of nitro groups is 1. The van der Waals surface area contributed by atoms with Crippen LogP contribution in [0.1, 0.15) is 36.5 Å². The van der Waals surface area contributed by atoms with Crippen molar-refractivity contribution in [3.05, 3.63) is 33.1 Å². The number of nitrogens with one attached hydrogen (secondary N) is 1. The fourth-order valence-electron chi connectivity index (χ4n) is 1.97. The van der Waals surface area contributed by atoms with Gasteiger partial charge >= 0.3 is 0 Å². The number of carbonyl (C=O) groups excluding carboxylic acids is 1. The molecule has 0 spiro atoms. The molecule has 0 aliphatic heterocycles. The van der Waals surface area contributed by atoms with Crippen LogP contribution < -0.4 is 5.32 Å². The number of aliphatic hydroxyl groups is 1. The number of halogens is 1. The predicted octanol–water partition coefficient (Wildman–Crippen LogP) is 2.17. The monoisotopic (exact) mass is 315 g/mol. The molecule has 0 aromatic carbocycles. The Morgan fingerprint density at radius 2 is 2.29 bits per heavy atom. The van der Waals surface area contributed by atoms with Gasteiger partial charge in [-0.15, -0.1) is 0 Å². The van der Waals surface area contributed by atoms with Crippen LogP contribution in [0.2, 0.25) is 5.15 Å². The largest absolute Gasteiger partial charge is 0.396 e. The van der Waals surface area contributed by atoms with Crippen LogP contribution in [-0.4, -0.2) is 34.1 Å². The van der Waals surface area contributed by atoms with E-state index in [0.717, 1.165) is 25.1 Å². The zero-order chi connectivity index (χ0) is 15.8. The second-order valence-electron chi connectivity index (χ2n) is 4.67. The summed E-state index contributed by atoms with van der Waals surface area (Å²) in [6.45, 7) is 2.46. The van der Waals surface area contributed by atoms with E-state index in [0.29, 0.717) is 13.0 Å². The second-order valence-corrected chi connectivity index (χ2v) is 5.02. The molecule has 0 saturated heterocycles. The number of hydrogen-bond acceptors (Lipinski definition) is 5. The van der Waals surface area contributed by atoms with E-state index >= 15 is 0 Å². The molecule has 8 heteroatoms. The highest BCUT2D eigenvalue weighted by Gasteiger charge is 2.18. The summed E-state index contributed by atoms with van der Waals surface area (Å²) >= 11 is 5.80. The fraction of sp³-hybridized carbons (Fsp3) is 0.538. The van der Waals surface area contributed by atoms with Crippen LogP contribution in [-0.2, 0) is 0 Å². The van der Waals surface area contributed by atoms with Gasteiger partial charge in [0.05, 0.1) is 10.5 Å². The molecule has 0 aliphatic carbocycles. The number of carbonyl (C=O) groups is 1. The lowest BCUT2D eigenvalue weighted by molar-refractivity contribution is -0.385. The summed E-state index contributed by atoms with van der Waals surface area (Å²) in [7, 11) is 0. The molecule has 7 nitrogen and oxygen atoms in total. The first-order valence-electron chi connectivity index (χ1n) is 6.68. The second kappa shape index (κ2) is 8.53. The van der Waals surface area contributed by atoms with Gasteiger partial charge in [-0.25, -0.2) is 4.98 Å². The van der Waals surface area contributed by atoms with E-state index < -0.39 is 10.8 Å². The summed E-state index contributed by atoms with van der Waals surface area (Å²) in [5, 5.41) is 22.3. The molecule has 0 saturated carbocycles. The van der Waals surface area contributed by atoms with Gasteiger partial charge in [-0.3, -0.25) is 14.9 Å². The number of rotatable bonds is 8. The van der Waals surface area contributed by atoms with Crippen molar-refractivity contribution in [1.82, 2.24) is 10.3 Å². The number of aliphatic hydroxyl groups excluding tert-OH is 1. The normalized spacial score (nSPS) is 12.0. The number of nitrogens with zero attached hydrogens (tertiary/aromatic N) is 2. The standard InChI is InChI=1S/C13H18ClN3O4/c1-2-3-9(4-5-18)7-16-13(19)11-6-10(17(20)21)8-15-12(11)14/h6,8-9,18H,2-5,7H2,1H3,(H,16,19). The molecule has 1 atom stereocenters. The average molecular weight is 316 g/mol. The molecule has 0 radical (unpaired) electrons. The van der Waals surface area contributed by atoms with Crippen LogP contribution in [0.5, 0.6) is 0 Å². The maximum absolute atomic E-state index is 12.0. The van der Waals surface area contributed by atoms with Gasteiger partial charge in [-0.1, -0.05) is 24.9 Å². The van der Waals surface area contributed by atoms with Gasteiger partial charge in [-0.2, -0.15) is 0 Å². The summed E-state index contributed by atoms with van der Waals surface area (Å²) in [6.07, 6.45) is 3.42. The van der Waals surface area contributed by atoms with Gasteiger partial charge in [0.25, 0.3) is 11.6 Å². The van der Waals surface area contributed by atoms with Crippen LogP contribution in [0.3, 0.4) is 0 Å². The highest BCUT2D eigenvalue weighted by Crippen LogP contribution is 2.19. The Kier molecular flexibility index (Phi) is 7.04. The highest BCUT2D eigenvalue weighted by atomic mass is 35.5. The van der Waals surface area contributed by atoms with Gasteiger partial charge < -0.3 is 10.4 Å². The van der Waals surface area contributed by atoms with E-state index in [4.69, 9.17) is 16.7 Å². The number of amides is 1.